The fourth-order valence-corrected chi connectivity index (χ4v) is 1.70. The normalized spacial score (nSPS) is 13.3. The summed E-state index contributed by atoms with van der Waals surface area (Å²) in [5.74, 6) is -0.0643. The molecule has 116 valence electrons. The molecule has 21 heavy (non-hydrogen) atoms. The second-order valence-corrected chi connectivity index (χ2v) is 4.75. The molecule has 0 aromatic heterocycles. The summed E-state index contributed by atoms with van der Waals surface area (Å²) >= 11 is 0. The second-order valence-electron chi connectivity index (χ2n) is 4.75. The van der Waals surface area contributed by atoms with E-state index in [1.54, 1.807) is 40.0 Å². The van der Waals surface area contributed by atoms with Crippen LogP contribution in [0.15, 0.2) is 18.2 Å². The summed E-state index contributed by atoms with van der Waals surface area (Å²) in [7, 11) is 1.63. The number of carbonyl (C=O) groups excluding carboxylic acids is 1. The molecule has 0 aliphatic rings. The van der Waals surface area contributed by atoms with Crippen LogP contribution in [0.5, 0.6) is 5.75 Å². The largest absolute Gasteiger partial charge is 0.491 e. The number of nitro groups is 1. The van der Waals surface area contributed by atoms with E-state index in [0.717, 1.165) is 0 Å². The maximum atomic E-state index is 11.9. The number of hydrogen-bond donors (Lipinski definition) is 1. The molecule has 0 amide bonds. The fourth-order valence-electron chi connectivity index (χ4n) is 1.70. The number of nitro benzene ring substituents is 1. The topological polar surface area (TPSA) is 90.7 Å². The van der Waals surface area contributed by atoms with Crippen molar-refractivity contribution in [3.8, 4) is 5.75 Å². The first kappa shape index (κ1) is 16.9. The van der Waals surface area contributed by atoms with E-state index in [2.05, 4.69) is 5.32 Å². The molecule has 1 N–H and O–H groups in total. The molecule has 1 unspecified atom stereocenters. The molecule has 0 aliphatic carbocycles. The molecule has 0 fully saturated rings. The number of ether oxygens (including phenoxy) is 2. The highest BCUT2D eigenvalue weighted by atomic mass is 16.6. The van der Waals surface area contributed by atoms with E-state index in [-0.39, 0.29) is 18.9 Å². The first-order valence-corrected chi connectivity index (χ1v) is 6.58. The van der Waals surface area contributed by atoms with Crippen molar-refractivity contribution in [1.29, 1.82) is 0 Å². The van der Waals surface area contributed by atoms with Crippen molar-refractivity contribution < 1.29 is 19.2 Å². The van der Waals surface area contributed by atoms with Gasteiger partial charge in [0.1, 0.15) is 17.9 Å². The summed E-state index contributed by atoms with van der Waals surface area (Å²) in [5.41, 5.74) is -0.618. The van der Waals surface area contributed by atoms with Gasteiger partial charge in [-0.2, -0.15) is 0 Å². The number of nitrogens with one attached hydrogen (secondary N) is 1. The Morgan fingerprint density at radius 2 is 2.14 bits per heavy atom. The van der Waals surface area contributed by atoms with E-state index in [0.29, 0.717) is 11.3 Å². The molecule has 0 radical (unpaired) electrons. The van der Waals surface area contributed by atoms with Gasteiger partial charge in [-0.1, -0.05) is 6.07 Å². The van der Waals surface area contributed by atoms with Crippen LogP contribution in [-0.2, 0) is 9.53 Å². The smallest absolute Gasteiger partial charge is 0.329 e. The molecule has 0 bridgehead atoms. The Kier molecular flexibility index (Phi) is 5.66. The lowest BCUT2D eigenvalue weighted by Crippen LogP contribution is -2.53. The van der Waals surface area contributed by atoms with E-state index >= 15 is 0 Å². The number of likely N-dealkylation sites (N-methyl/N-ethyl adjacent to an activating group) is 1. The lowest BCUT2D eigenvalue weighted by molar-refractivity contribution is -0.385. The third-order valence-corrected chi connectivity index (χ3v) is 3.25. The van der Waals surface area contributed by atoms with Crippen molar-refractivity contribution in [2.45, 2.75) is 26.3 Å². The highest BCUT2D eigenvalue weighted by molar-refractivity contribution is 5.80. The Hall–Kier alpha value is -2.15. The van der Waals surface area contributed by atoms with Crippen LogP contribution in [0.2, 0.25) is 0 Å². The van der Waals surface area contributed by atoms with E-state index in [1.165, 1.54) is 6.07 Å². The fraction of sp³-hybridized carbons (Fsp3) is 0.500. The zero-order valence-corrected chi connectivity index (χ0v) is 12.6. The number of hydrogen-bond acceptors (Lipinski definition) is 6. The average molecular weight is 296 g/mol. The monoisotopic (exact) mass is 296 g/mol. The minimum Gasteiger partial charge on any atom is -0.491 e. The zero-order valence-electron chi connectivity index (χ0n) is 12.6. The zero-order chi connectivity index (χ0) is 16.0. The molecule has 1 aromatic rings. The minimum absolute atomic E-state index is 0.00431. The van der Waals surface area contributed by atoms with Gasteiger partial charge in [-0.15, -0.1) is 0 Å². The van der Waals surface area contributed by atoms with Crippen molar-refractivity contribution in [2.24, 2.45) is 0 Å². The van der Waals surface area contributed by atoms with Gasteiger partial charge in [0.2, 0.25) is 0 Å². The van der Waals surface area contributed by atoms with Crippen LogP contribution < -0.4 is 10.1 Å². The van der Waals surface area contributed by atoms with Crippen LogP contribution in [0.4, 0.5) is 5.69 Å². The molecule has 0 aliphatic heterocycles. The third kappa shape index (κ3) is 3.91. The maximum absolute atomic E-state index is 11.9. The van der Waals surface area contributed by atoms with Crippen molar-refractivity contribution in [3.63, 3.8) is 0 Å². The van der Waals surface area contributed by atoms with Gasteiger partial charge in [0, 0.05) is 6.07 Å². The van der Waals surface area contributed by atoms with Crippen molar-refractivity contribution in [3.05, 3.63) is 33.9 Å². The minimum atomic E-state index is -1.02. The lowest BCUT2D eigenvalue weighted by Gasteiger charge is -2.26. The summed E-state index contributed by atoms with van der Waals surface area (Å²) in [6.45, 7) is 5.25. The van der Waals surface area contributed by atoms with E-state index in [9.17, 15) is 14.9 Å². The van der Waals surface area contributed by atoms with Gasteiger partial charge in [-0.05, 0) is 33.9 Å². The standard InChI is InChI=1S/C14H20N2O5/c1-5-20-13(17)14(3,15-4)9-21-12-8-6-7-11(10(12)2)16(18)19/h6-8,15H,5,9H2,1-4H3. The summed E-state index contributed by atoms with van der Waals surface area (Å²) in [4.78, 5) is 22.3. The Balaban J connectivity index is 2.89. The Morgan fingerprint density at radius 1 is 1.48 bits per heavy atom. The van der Waals surface area contributed by atoms with E-state index < -0.39 is 16.4 Å². The van der Waals surface area contributed by atoms with Gasteiger partial charge in [-0.25, -0.2) is 4.79 Å². The lowest BCUT2D eigenvalue weighted by atomic mass is 10.0. The van der Waals surface area contributed by atoms with Gasteiger partial charge >= 0.3 is 5.97 Å². The molecule has 7 nitrogen and oxygen atoms in total. The molecule has 0 saturated carbocycles. The molecule has 0 spiro atoms. The maximum Gasteiger partial charge on any atom is 0.329 e. The van der Waals surface area contributed by atoms with Crippen molar-refractivity contribution in [1.82, 2.24) is 5.32 Å². The summed E-state index contributed by atoms with van der Waals surface area (Å²) in [6.07, 6.45) is 0. The van der Waals surface area contributed by atoms with Gasteiger partial charge in [0.25, 0.3) is 5.69 Å². The van der Waals surface area contributed by atoms with Crippen molar-refractivity contribution >= 4 is 11.7 Å². The van der Waals surface area contributed by atoms with Gasteiger partial charge < -0.3 is 14.8 Å². The molecular formula is C14H20N2O5. The predicted molar refractivity (Wildman–Crippen MR) is 77.4 cm³/mol. The van der Waals surface area contributed by atoms with Gasteiger partial charge in [-0.3, -0.25) is 10.1 Å². The number of rotatable bonds is 7. The SMILES string of the molecule is CCOC(=O)C(C)(COc1cccc([N+](=O)[O-])c1C)NC. The Morgan fingerprint density at radius 3 is 2.67 bits per heavy atom. The molecular weight excluding hydrogens is 276 g/mol. The van der Waals surface area contributed by atoms with Gasteiger partial charge in [0.15, 0.2) is 0 Å². The first-order valence-electron chi connectivity index (χ1n) is 6.58. The van der Waals surface area contributed by atoms with Crippen LogP contribution in [0.1, 0.15) is 19.4 Å². The number of esters is 1. The van der Waals surface area contributed by atoms with Crippen LogP contribution in [-0.4, -0.2) is 36.7 Å². The average Bonchev–Trinajstić information content (AvgIpc) is 2.45. The molecule has 1 atom stereocenters. The summed E-state index contributed by atoms with van der Waals surface area (Å²) < 4.78 is 10.6. The van der Waals surface area contributed by atoms with Crippen LogP contribution in [0, 0.1) is 17.0 Å². The highest BCUT2D eigenvalue weighted by Crippen LogP contribution is 2.27. The molecule has 7 heteroatoms. The van der Waals surface area contributed by atoms with E-state index in [4.69, 9.17) is 9.47 Å². The second kappa shape index (κ2) is 7.03. The summed E-state index contributed by atoms with van der Waals surface area (Å²) in [6, 6.07) is 4.58. The van der Waals surface area contributed by atoms with Gasteiger partial charge in [0.05, 0.1) is 17.1 Å². The first-order chi connectivity index (χ1) is 9.85. The molecule has 1 rings (SSSR count). The molecule has 0 saturated heterocycles. The highest BCUT2D eigenvalue weighted by Gasteiger charge is 2.34. The quantitative estimate of drug-likeness (QED) is 0.469. The van der Waals surface area contributed by atoms with E-state index in [1.807, 2.05) is 0 Å². The van der Waals surface area contributed by atoms with Crippen molar-refractivity contribution in [2.75, 3.05) is 20.3 Å². The molecule has 1 aromatic carbocycles. The number of carbonyl (C=O) groups is 1. The predicted octanol–water partition coefficient (Wildman–Crippen LogP) is 1.82. The summed E-state index contributed by atoms with van der Waals surface area (Å²) in [5, 5.41) is 13.7. The van der Waals surface area contributed by atoms with Crippen LogP contribution in [0.25, 0.3) is 0 Å². The van der Waals surface area contributed by atoms with Crippen LogP contribution in [0.3, 0.4) is 0 Å². The Bertz CT molecular complexity index is 532. The van der Waals surface area contributed by atoms with Crippen LogP contribution >= 0.6 is 0 Å². The number of nitrogens with zero attached hydrogens (tertiary/aromatic N) is 1. The third-order valence-electron chi connectivity index (χ3n) is 3.25. The number of benzene rings is 1. The molecule has 0 heterocycles. The Labute approximate surface area is 123 Å².